The highest BCUT2D eigenvalue weighted by atomic mass is 16.2. The molecule has 22 aromatic rings. The number of nitrogens with zero attached hydrogens (tertiary/aromatic N) is 21. The van der Waals surface area contributed by atoms with Crippen molar-refractivity contribution in [3.05, 3.63) is 274 Å². The van der Waals surface area contributed by atoms with Gasteiger partial charge in [-0.2, -0.15) is 20.4 Å². The highest BCUT2D eigenvalue weighted by molar-refractivity contribution is 6.06. The molecule has 2 amide bonds. The van der Waals surface area contributed by atoms with E-state index in [4.69, 9.17) is 19.9 Å². The van der Waals surface area contributed by atoms with E-state index in [9.17, 15) is 9.59 Å². The van der Waals surface area contributed by atoms with E-state index in [-0.39, 0.29) is 11.8 Å². The molecule has 734 valence electrons. The van der Waals surface area contributed by atoms with Crippen molar-refractivity contribution in [2.24, 2.45) is 0 Å². The number of pyridine rings is 8. The maximum Gasteiger partial charge on any atom is 0.255 e. The minimum absolute atomic E-state index is 0.0824. The van der Waals surface area contributed by atoms with Crippen LogP contribution in [0.3, 0.4) is 0 Å². The number of H-pyrrole nitrogens is 8. The first-order valence-corrected chi connectivity index (χ1v) is 50.5. The van der Waals surface area contributed by atoms with E-state index in [2.05, 4.69) is 230 Å². The topological polar surface area (TPSA) is 419 Å². The quantitative estimate of drug-likeness (QED) is 0.0318. The fourth-order valence-electron chi connectivity index (χ4n) is 20.3. The number of nitrogens with one attached hydrogen (secondary N) is 11. The molecule has 4 aliphatic heterocycles. The molecule has 0 unspecified atom stereocenters. The van der Waals surface area contributed by atoms with Crippen LogP contribution in [0.5, 0.6) is 0 Å². The second-order valence-electron chi connectivity index (χ2n) is 38.6. The first-order chi connectivity index (χ1) is 72.2. The number of anilines is 7. The molecule has 0 bridgehead atoms. The van der Waals surface area contributed by atoms with Crippen LogP contribution in [0.25, 0.3) is 178 Å². The lowest BCUT2D eigenvalue weighted by Gasteiger charge is -2.28. The summed E-state index contributed by atoms with van der Waals surface area (Å²) in [6.07, 6.45) is 44.5. The van der Waals surface area contributed by atoms with Gasteiger partial charge >= 0.3 is 0 Å². The van der Waals surface area contributed by atoms with Crippen LogP contribution >= 0.6 is 0 Å². The first-order valence-electron chi connectivity index (χ1n) is 50.5. The maximum atomic E-state index is 12.6. The van der Waals surface area contributed by atoms with Crippen LogP contribution in [0.1, 0.15) is 112 Å². The average Bonchev–Trinajstić information content (AvgIpc) is 1.63. The van der Waals surface area contributed by atoms with Crippen molar-refractivity contribution >= 4 is 139 Å². The van der Waals surface area contributed by atoms with Gasteiger partial charge in [0.2, 0.25) is 5.91 Å². The van der Waals surface area contributed by atoms with Gasteiger partial charge in [0.25, 0.3) is 5.91 Å². The smallest absolute Gasteiger partial charge is 0.255 e. The Bertz CT molecular complexity index is 8270. The number of carbonyl (C=O) groups excluding carboxylic acids is 2. The second kappa shape index (κ2) is 41.6. The summed E-state index contributed by atoms with van der Waals surface area (Å²) < 4.78 is 0. The molecule has 0 radical (unpaired) electrons. The van der Waals surface area contributed by atoms with Gasteiger partial charge in [-0.15, -0.1) is 0 Å². The van der Waals surface area contributed by atoms with Crippen molar-refractivity contribution in [1.29, 1.82) is 0 Å². The molecule has 20 heterocycles. The third kappa shape index (κ3) is 20.2. The van der Waals surface area contributed by atoms with Crippen LogP contribution in [0, 0.1) is 0 Å². The zero-order valence-corrected chi connectivity index (χ0v) is 82.1. The van der Waals surface area contributed by atoms with Gasteiger partial charge in [-0.05, 0) is 223 Å². The Kier molecular flexibility index (Phi) is 26.3. The van der Waals surface area contributed by atoms with Crippen molar-refractivity contribution in [3.8, 4) is 90.6 Å². The minimum Gasteiger partial charge on any atom is -0.382 e. The lowest BCUT2D eigenvalue weighted by atomic mass is 10.0. The number of rotatable bonds is 21. The second-order valence-corrected chi connectivity index (χ2v) is 38.6. The summed E-state index contributed by atoms with van der Waals surface area (Å²) >= 11 is 0. The summed E-state index contributed by atoms with van der Waals surface area (Å²) in [5.41, 5.74) is 31.7. The Balaban J connectivity index is 0.000000108. The highest BCUT2D eigenvalue weighted by Crippen LogP contribution is 2.41. The van der Waals surface area contributed by atoms with Crippen LogP contribution in [0.2, 0.25) is 0 Å². The van der Waals surface area contributed by atoms with Crippen LogP contribution in [-0.4, -0.2) is 210 Å². The van der Waals surface area contributed by atoms with E-state index in [1.54, 1.807) is 36.9 Å². The molecule has 0 aliphatic carbocycles. The first kappa shape index (κ1) is 92.9. The molecule has 4 aliphatic rings. The summed E-state index contributed by atoms with van der Waals surface area (Å²) in [4.78, 5) is 106. The molecule has 26 rings (SSSR count). The molecule has 6 aromatic carbocycles. The SMILES string of the molecule is CC(C)Nc1cncc(-c2ccc3[nH]nc(-c4nc5c(N6CCCCC6)cncc5[nH]4)c3c2)c1.CN(C)Cc1cncc(-c2ccc3[nH]nc(-c4nc5c(N6CCCCC6)cncc5[nH]4)c3c2)c1.O=C(Cc1ccccc1)Nc1cncc(-c2ccc3[nH]nc(-c4nc5c(N6CCCCC6)cncc5[nH]4)c3c2)c1.O=C(Nc1cncc(-c2ccc3[nH]nc(-c4nc5c(N6CCCCC6)cncc5[nH]4)c3c2)c1)c1ccccc1. The number of carbonyl (C=O) groups is 2. The largest absolute Gasteiger partial charge is 0.382 e. The number of hydrogen-bond acceptors (Lipinski definition) is 24. The molecule has 11 N–H and O–H groups in total. The summed E-state index contributed by atoms with van der Waals surface area (Å²) in [6.45, 7) is 13.4. The van der Waals surface area contributed by atoms with Gasteiger partial charge in [0.05, 0.1) is 152 Å². The maximum absolute atomic E-state index is 12.6. The summed E-state index contributed by atoms with van der Waals surface area (Å²) in [5.74, 6) is 2.64. The fourth-order valence-corrected chi connectivity index (χ4v) is 20.3. The lowest BCUT2D eigenvalue weighted by molar-refractivity contribution is -0.115. The van der Waals surface area contributed by atoms with Crippen molar-refractivity contribution in [3.63, 3.8) is 0 Å². The molecule has 147 heavy (non-hydrogen) atoms. The summed E-state index contributed by atoms with van der Waals surface area (Å²) in [7, 11) is 4.13. The standard InChI is InChI=1S/C31H28N8O.C30H26N8O.2C26H28N8/c40-28(13-20-7-3-1-4-8-20)34-23-14-22(16-32-17-23)21-9-10-25-24(15-21)29(38-37-25)31-35-26-18-33-19-27(30(26)36-31)39-11-5-2-6-12-39;39-30(19-7-3-1-4-8-19)33-22-13-21(15-31-16-22)20-9-10-24-23(14-20)27(37-36-24)29-34-25-17-32-18-26(28(25)35-29)38-11-5-2-6-12-38;1-33(2)16-17-10-19(13-27-12-17)18-6-7-21-20(11-18)24(32-31-21)26-29-22-14-28-15-23(25(22)30-26)34-8-4-3-5-9-34;1-16(2)29-19-10-18(12-27-13-19)17-6-7-21-20(11-17)24(33-32-21)26-30-22-14-28-15-23(25(22)31-26)34-8-4-3-5-9-34/h1,3-4,7-10,14-19H,2,5-6,11-13H2,(H,34,40)(H,35,36)(H,37,38);1,3-4,7-10,13-18H,2,5-6,11-12H2,(H,33,39)(H,34,35)(H,36,37);6-7,10-15H,3-5,8-9,16H2,1-2H3,(H,29,30)(H,31,32);6-7,10-16,29H,3-5,8-9H2,1-2H3,(H,30,31)(H,32,33). The van der Waals surface area contributed by atoms with Crippen molar-refractivity contribution < 1.29 is 9.59 Å². The summed E-state index contributed by atoms with van der Waals surface area (Å²) in [6, 6.07) is 52.2. The van der Waals surface area contributed by atoms with E-state index in [0.717, 1.165) is 260 Å². The van der Waals surface area contributed by atoms with Gasteiger partial charge in [0.15, 0.2) is 23.3 Å². The van der Waals surface area contributed by atoms with Crippen molar-refractivity contribution in [2.45, 2.75) is 110 Å². The Labute approximate surface area is 845 Å². The normalized spacial score (nSPS) is 14.0. The molecule has 0 atom stereocenters. The van der Waals surface area contributed by atoms with Gasteiger partial charge in [0, 0.05) is 151 Å². The van der Waals surface area contributed by atoms with Crippen LogP contribution in [0.4, 0.5) is 39.8 Å². The average molecular weight is 1950 g/mol. The number of aromatic nitrogens is 24. The molecule has 0 spiro atoms. The number of imidazole rings is 4. The molecular formula is C113H110N32O2. The number of aromatic amines is 8. The van der Waals surface area contributed by atoms with Gasteiger partial charge < -0.3 is 60.4 Å². The van der Waals surface area contributed by atoms with E-state index in [1.807, 2.05) is 159 Å². The Morgan fingerprint density at radius 3 is 0.973 bits per heavy atom. The molecule has 4 fully saturated rings. The van der Waals surface area contributed by atoms with Crippen molar-refractivity contribution in [2.75, 3.05) is 102 Å². The number of piperidine rings is 4. The highest BCUT2D eigenvalue weighted by Gasteiger charge is 2.28. The molecule has 34 nitrogen and oxygen atoms in total. The Hall–Kier alpha value is -17.8. The van der Waals surface area contributed by atoms with E-state index in [0.29, 0.717) is 41.0 Å². The van der Waals surface area contributed by atoms with Gasteiger partial charge in [0.1, 0.15) is 44.8 Å². The molecule has 34 heteroatoms. The minimum atomic E-state index is -0.176. The molecule has 0 saturated carbocycles. The van der Waals surface area contributed by atoms with Gasteiger partial charge in [-0.1, -0.05) is 72.8 Å². The van der Waals surface area contributed by atoms with Crippen molar-refractivity contribution in [1.82, 2.24) is 125 Å². The predicted molar refractivity (Wildman–Crippen MR) is 582 cm³/mol. The van der Waals surface area contributed by atoms with E-state index < -0.39 is 0 Å². The van der Waals surface area contributed by atoms with E-state index >= 15 is 0 Å². The van der Waals surface area contributed by atoms with Gasteiger partial charge in [-0.25, -0.2) is 19.9 Å². The third-order valence-electron chi connectivity index (χ3n) is 27.5. The van der Waals surface area contributed by atoms with Crippen LogP contribution in [0.15, 0.2) is 257 Å². The van der Waals surface area contributed by atoms with E-state index in [1.165, 1.54) is 82.6 Å². The predicted octanol–water partition coefficient (Wildman–Crippen LogP) is 21.5. The van der Waals surface area contributed by atoms with Crippen LogP contribution in [-0.2, 0) is 17.8 Å². The Morgan fingerprint density at radius 2 is 0.626 bits per heavy atom. The molecular weight excluding hydrogens is 1840 g/mol. The molecule has 4 saturated heterocycles. The monoisotopic (exact) mass is 1950 g/mol. The lowest BCUT2D eigenvalue weighted by Crippen LogP contribution is -2.29. The Morgan fingerprint density at radius 1 is 0.313 bits per heavy atom. The number of hydrogen-bond donors (Lipinski definition) is 11. The van der Waals surface area contributed by atoms with Crippen LogP contribution < -0.4 is 35.6 Å². The number of amides is 2. The zero-order valence-electron chi connectivity index (χ0n) is 82.1. The fraction of sp³-hybridized carbons (Fsp3) is 0.239. The number of benzene rings is 6. The molecule has 16 aromatic heterocycles. The van der Waals surface area contributed by atoms with Gasteiger partial charge in [-0.3, -0.25) is 69.9 Å². The third-order valence-corrected chi connectivity index (χ3v) is 27.5. The summed E-state index contributed by atoms with van der Waals surface area (Å²) in [5, 5.41) is 44.3. The zero-order chi connectivity index (χ0) is 99.2. The number of fused-ring (bicyclic) bond motifs is 8.